The van der Waals surface area contributed by atoms with Crippen LogP contribution in [-0.2, 0) is 6.54 Å². The molecule has 0 bridgehead atoms. The van der Waals surface area contributed by atoms with Gasteiger partial charge in [0.2, 0.25) is 0 Å². The highest BCUT2D eigenvalue weighted by atomic mass is 15.3. The van der Waals surface area contributed by atoms with E-state index in [0.29, 0.717) is 6.54 Å². The Morgan fingerprint density at radius 3 is 2.54 bits per heavy atom. The summed E-state index contributed by atoms with van der Waals surface area (Å²) in [5.41, 5.74) is 7.59. The zero-order chi connectivity index (χ0) is 9.10. The molecule has 0 aliphatic carbocycles. The predicted octanol–water partition coefficient (Wildman–Crippen LogP) is 0.726. The maximum absolute atomic E-state index is 5.48. The summed E-state index contributed by atoms with van der Waals surface area (Å²) in [5, 5.41) is 4.02. The number of hydrogen-bond acceptors (Lipinski definition) is 3. The molecule has 2 N–H and O–H groups in total. The monoisotopic (exact) mass is 174 g/mol. The van der Waals surface area contributed by atoms with Crippen molar-refractivity contribution >= 4 is 0 Å². The van der Waals surface area contributed by atoms with Gasteiger partial charge in [-0.3, -0.25) is 0 Å². The highest BCUT2D eigenvalue weighted by Crippen LogP contribution is 2.06. The highest BCUT2D eigenvalue weighted by Gasteiger charge is 1.95. The van der Waals surface area contributed by atoms with Crippen LogP contribution < -0.4 is 5.73 Å². The molecule has 4 nitrogen and oxygen atoms in total. The molecule has 0 aliphatic rings. The van der Waals surface area contributed by atoms with Crippen molar-refractivity contribution in [3.8, 4) is 5.69 Å². The zero-order valence-corrected chi connectivity index (χ0v) is 7.09. The number of hydrogen-bond donors (Lipinski definition) is 1. The van der Waals surface area contributed by atoms with Gasteiger partial charge in [-0.15, -0.1) is 0 Å². The van der Waals surface area contributed by atoms with E-state index >= 15 is 0 Å². The molecule has 0 atom stereocenters. The Kier molecular flexibility index (Phi) is 2.06. The third kappa shape index (κ3) is 1.57. The maximum atomic E-state index is 5.48. The summed E-state index contributed by atoms with van der Waals surface area (Å²) in [5.74, 6) is 0. The summed E-state index contributed by atoms with van der Waals surface area (Å²) in [6, 6.07) is 7.90. The van der Waals surface area contributed by atoms with E-state index in [-0.39, 0.29) is 0 Å². The van der Waals surface area contributed by atoms with Crippen molar-refractivity contribution < 1.29 is 0 Å². The lowest BCUT2D eigenvalue weighted by Crippen LogP contribution is -1.98. The molecule has 1 aromatic heterocycles. The number of rotatable bonds is 2. The van der Waals surface area contributed by atoms with Crippen LogP contribution in [0.15, 0.2) is 36.9 Å². The van der Waals surface area contributed by atoms with E-state index < -0.39 is 0 Å². The van der Waals surface area contributed by atoms with Gasteiger partial charge in [-0.2, -0.15) is 5.10 Å². The van der Waals surface area contributed by atoms with Crippen LogP contribution in [0.3, 0.4) is 0 Å². The van der Waals surface area contributed by atoms with Crippen LogP contribution in [0.25, 0.3) is 5.69 Å². The lowest BCUT2D eigenvalue weighted by molar-refractivity contribution is 0.877. The third-order valence-corrected chi connectivity index (χ3v) is 1.86. The Bertz CT molecular complexity index is 363. The SMILES string of the molecule is NCc1ccc(-n2cncn2)cc1. The van der Waals surface area contributed by atoms with Crippen LogP contribution in [0.4, 0.5) is 0 Å². The predicted molar refractivity (Wildman–Crippen MR) is 49.3 cm³/mol. The summed E-state index contributed by atoms with van der Waals surface area (Å²) in [4.78, 5) is 3.87. The first kappa shape index (κ1) is 7.94. The average molecular weight is 174 g/mol. The van der Waals surface area contributed by atoms with Crippen molar-refractivity contribution in [2.75, 3.05) is 0 Å². The topological polar surface area (TPSA) is 56.7 Å². The smallest absolute Gasteiger partial charge is 0.138 e. The molecule has 0 aliphatic heterocycles. The molecular formula is C9H10N4. The first-order valence-corrected chi connectivity index (χ1v) is 4.04. The van der Waals surface area contributed by atoms with Crippen molar-refractivity contribution in [3.05, 3.63) is 42.5 Å². The van der Waals surface area contributed by atoms with Crippen LogP contribution in [-0.4, -0.2) is 14.8 Å². The van der Waals surface area contributed by atoms with Gasteiger partial charge in [0.25, 0.3) is 0 Å². The first-order chi connectivity index (χ1) is 6.40. The van der Waals surface area contributed by atoms with E-state index in [4.69, 9.17) is 5.73 Å². The van der Waals surface area contributed by atoms with E-state index in [2.05, 4.69) is 10.1 Å². The van der Waals surface area contributed by atoms with Crippen LogP contribution in [0, 0.1) is 0 Å². The molecular weight excluding hydrogens is 164 g/mol. The molecule has 0 unspecified atom stereocenters. The second kappa shape index (κ2) is 3.37. The van der Waals surface area contributed by atoms with E-state index in [9.17, 15) is 0 Å². The Morgan fingerprint density at radius 2 is 2.00 bits per heavy atom. The number of aromatic nitrogens is 3. The van der Waals surface area contributed by atoms with E-state index in [0.717, 1.165) is 11.3 Å². The largest absolute Gasteiger partial charge is 0.326 e. The minimum Gasteiger partial charge on any atom is -0.326 e. The molecule has 0 fully saturated rings. The molecule has 1 aromatic carbocycles. The fraction of sp³-hybridized carbons (Fsp3) is 0.111. The highest BCUT2D eigenvalue weighted by molar-refractivity contribution is 5.33. The maximum Gasteiger partial charge on any atom is 0.138 e. The Morgan fingerprint density at radius 1 is 1.23 bits per heavy atom. The van der Waals surface area contributed by atoms with Crippen molar-refractivity contribution in [2.45, 2.75) is 6.54 Å². The molecule has 0 radical (unpaired) electrons. The lowest BCUT2D eigenvalue weighted by Gasteiger charge is -2.00. The molecule has 0 saturated heterocycles. The Hall–Kier alpha value is -1.68. The Labute approximate surface area is 76.0 Å². The minimum absolute atomic E-state index is 0.567. The molecule has 2 aromatic rings. The van der Waals surface area contributed by atoms with Crippen LogP contribution >= 0.6 is 0 Å². The van der Waals surface area contributed by atoms with E-state index in [1.807, 2.05) is 24.3 Å². The standard InChI is InChI=1S/C9H10N4/c10-5-8-1-3-9(4-2-8)13-7-11-6-12-13/h1-4,6-7H,5,10H2. The van der Waals surface area contributed by atoms with Crippen LogP contribution in [0.2, 0.25) is 0 Å². The summed E-state index contributed by atoms with van der Waals surface area (Å²) >= 11 is 0. The van der Waals surface area contributed by atoms with Gasteiger partial charge < -0.3 is 5.73 Å². The zero-order valence-electron chi connectivity index (χ0n) is 7.09. The summed E-state index contributed by atoms with van der Waals surface area (Å²) in [7, 11) is 0. The molecule has 1 heterocycles. The van der Waals surface area contributed by atoms with Gasteiger partial charge in [0, 0.05) is 6.54 Å². The summed E-state index contributed by atoms with van der Waals surface area (Å²) in [6.07, 6.45) is 3.17. The molecule has 4 heteroatoms. The van der Waals surface area contributed by atoms with Crippen molar-refractivity contribution in [1.29, 1.82) is 0 Å². The second-order valence-electron chi connectivity index (χ2n) is 2.71. The van der Waals surface area contributed by atoms with Crippen LogP contribution in [0.1, 0.15) is 5.56 Å². The number of nitrogens with zero attached hydrogens (tertiary/aromatic N) is 3. The van der Waals surface area contributed by atoms with E-state index in [1.165, 1.54) is 6.33 Å². The van der Waals surface area contributed by atoms with Gasteiger partial charge >= 0.3 is 0 Å². The fourth-order valence-corrected chi connectivity index (χ4v) is 1.13. The minimum atomic E-state index is 0.567. The van der Waals surface area contributed by atoms with Gasteiger partial charge in [-0.25, -0.2) is 9.67 Å². The van der Waals surface area contributed by atoms with Gasteiger partial charge in [0.1, 0.15) is 12.7 Å². The Balaban J connectivity index is 2.33. The average Bonchev–Trinajstić information content (AvgIpc) is 2.71. The second-order valence-corrected chi connectivity index (χ2v) is 2.71. The first-order valence-electron chi connectivity index (χ1n) is 4.04. The van der Waals surface area contributed by atoms with Crippen molar-refractivity contribution in [3.63, 3.8) is 0 Å². The van der Waals surface area contributed by atoms with Gasteiger partial charge in [0.05, 0.1) is 5.69 Å². The van der Waals surface area contributed by atoms with Crippen molar-refractivity contribution in [1.82, 2.24) is 14.8 Å². The normalized spacial score (nSPS) is 10.2. The molecule has 2 rings (SSSR count). The third-order valence-electron chi connectivity index (χ3n) is 1.86. The van der Waals surface area contributed by atoms with Crippen molar-refractivity contribution in [2.24, 2.45) is 5.73 Å². The summed E-state index contributed by atoms with van der Waals surface area (Å²) < 4.78 is 1.71. The molecule has 66 valence electrons. The lowest BCUT2D eigenvalue weighted by atomic mass is 10.2. The van der Waals surface area contributed by atoms with Crippen LogP contribution in [0.5, 0.6) is 0 Å². The molecule has 0 spiro atoms. The molecule has 13 heavy (non-hydrogen) atoms. The van der Waals surface area contributed by atoms with E-state index in [1.54, 1.807) is 11.0 Å². The van der Waals surface area contributed by atoms with Gasteiger partial charge in [-0.1, -0.05) is 12.1 Å². The fourth-order valence-electron chi connectivity index (χ4n) is 1.13. The van der Waals surface area contributed by atoms with Gasteiger partial charge in [-0.05, 0) is 17.7 Å². The quantitative estimate of drug-likeness (QED) is 0.730. The molecule has 0 saturated carbocycles. The summed E-state index contributed by atoms with van der Waals surface area (Å²) in [6.45, 7) is 0.567. The number of benzene rings is 1. The molecule has 0 amide bonds. The van der Waals surface area contributed by atoms with Gasteiger partial charge in [0.15, 0.2) is 0 Å². The number of nitrogens with two attached hydrogens (primary N) is 1.